The van der Waals surface area contributed by atoms with Gasteiger partial charge in [-0.1, -0.05) is 6.07 Å². The van der Waals surface area contributed by atoms with Gasteiger partial charge in [-0.15, -0.1) is 11.3 Å². The van der Waals surface area contributed by atoms with Crippen LogP contribution < -0.4 is 5.73 Å². The number of piperidine rings is 1. The first-order chi connectivity index (χ1) is 10.1. The average molecular weight is 304 g/mol. The number of hydrogen-bond donors (Lipinski definition) is 2. The number of rotatable bonds is 3. The molecule has 0 aliphatic carbocycles. The summed E-state index contributed by atoms with van der Waals surface area (Å²) in [5, 5.41) is 9.14. The number of H-pyrrole nitrogens is 1. The van der Waals surface area contributed by atoms with Crippen LogP contribution in [0.5, 0.6) is 0 Å². The van der Waals surface area contributed by atoms with E-state index in [0.717, 1.165) is 36.5 Å². The monoisotopic (exact) mass is 304 g/mol. The molecule has 0 bridgehead atoms. The van der Waals surface area contributed by atoms with E-state index >= 15 is 0 Å². The minimum Gasteiger partial charge on any atom is -0.337 e. The van der Waals surface area contributed by atoms with Crippen LogP contribution in [-0.2, 0) is 0 Å². The van der Waals surface area contributed by atoms with Crippen LogP contribution in [0.25, 0.3) is 10.6 Å². The molecular weight excluding hydrogens is 284 g/mol. The van der Waals surface area contributed by atoms with E-state index in [1.165, 1.54) is 0 Å². The number of nitrogens with one attached hydrogen (secondary N) is 1. The molecule has 0 aromatic carbocycles. The SMILES string of the molecule is CC(N)C1CCCN(C(=O)c2cc(-c3cccs3)[nH]n2)C1. The van der Waals surface area contributed by atoms with E-state index < -0.39 is 0 Å². The second-order valence-corrected chi connectivity index (χ2v) is 6.60. The zero-order valence-corrected chi connectivity index (χ0v) is 12.9. The molecule has 1 amide bonds. The highest BCUT2D eigenvalue weighted by atomic mass is 32.1. The fourth-order valence-electron chi connectivity index (χ4n) is 2.77. The Balaban J connectivity index is 1.73. The molecule has 1 aliphatic rings. The third-order valence-corrected chi connectivity index (χ3v) is 4.98. The predicted molar refractivity (Wildman–Crippen MR) is 84.2 cm³/mol. The fourth-order valence-corrected chi connectivity index (χ4v) is 3.47. The van der Waals surface area contributed by atoms with Crippen LogP contribution in [0.3, 0.4) is 0 Å². The van der Waals surface area contributed by atoms with E-state index in [9.17, 15) is 4.79 Å². The van der Waals surface area contributed by atoms with Gasteiger partial charge in [0.1, 0.15) is 0 Å². The molecule has 112 valence electrons. The molecule has 1 fully saturated rings. The Hall–Kier alpha value is -1.66. The summed E-state index contributed by atoms with van der Waals surface area (Å²) in [4.78, 5) is 15.5. The predicted octanol–water partition coefficient (Wildman–Crippen LogP) is 2.34. The molecule has 0 radical (unpaired) electrons. The van der Waals surface area contributed by atoms with E-state index in [2.05, 4.69) is 10.2 Å². The molecular formula is C15H20N4OS. The Morgan fingerprint density at radius 1 is 1.62 bits per heavy atom. The Morgan fingerprint density at radius 3 is 3.19 bits per heavy atom. The van der Waals surface area contributed by atoms with E-state index in [0.29, 0.717) is 11.6 Å². The van der Waals surface area contributed by atoms with Gasteiger partial charge in [0.05, 0.1) is 10.6 Å². The third-order valence-electron chi connectivity index (χ3n) is 4.07. The first kappa shape index (κ1) is 14.3. The number of aromatic amines is 1. The Morgan fingerprint density at radius 2 is 2.48 bits per heavy atom. The summed E-state index contributed by atoms with van der Waals surface area (Å²) in [5.41, 5.74) is 7.36. The van der Waals surface area contributed by atoms with Gasteiger partial charge < -0.3 is 10.6 Å². The number of carbonyl (C=O) groups is 1. The number of likely N-dealkylation sites (tertiary alicyclic amines) is 1. The molecule has 2 aromatic rings. The number of nitrogens with two attached hydrogens (primary N) is 1. The van der Waals surface area contributed by atoms with Gasteiger partial charge in [-0.25, -0.2) is 0 Å². The lowest BCUT2D eigenvalue weighted by Gasteiger charge is -2.34. The van der Waals surface area contributed by atoms with E-state index in [-0.39, 0.29) is 11.9 Å². The van der Waals surface area contributed by atoms with Crippen LogP contribution in [0.4, 0.5) is 0 Å². The highest BCUT2D eigenvalue weighted by Gasteiger charge is 2.27. The zero-order valence-electron chi connectivity index (χ0n) is 12.1. The van der Waals surface area contributed by atoms with E-state index in [4.69, 9.17) is 5.73 Å². The van der Waals surface area contributed by atoms with Crippen molar-refractivity contribution < 1.29 is 4.79 Å². The van der Waals surface area contributed by atoms with Gasteiger partial charge in [-0.3, -0.25) is 9.89 Å². The van der Waals surface area contributed by atoms with Crippen molar-refractivity contribution >= 4 is 17.2 Å². The number of amides is 1. The summed E-state index contributed by atoms with van der Waals surface area (Å²) in [6.45, 7) is 3.54. The summed E-state index contributed by atoms with van der Waals surface area (Å²) < 4.78 is 0. The van der Waals surface area contributed by atoms with Gasteiger partial charge in [0.15, 0.2) is 5.69 Å². The molecule has 3 N–H and O–H groups in total. The van der Waals surface area contributed by atoms with Crippen molar-refractivity contribution in [3.8, 4) is 10.6 Å². The van der Waals surface area contributed by atoms with Crippen molar-refractivity contribution in [2.45, 2.75) is 25.8 Å². The van der Waals surface area contributed by atoms with Crippen LogP contribution in [0.2, 0.25) is 0 Å². The van der Waals surface area contributed by atoms with E-state index in [1.54, 1.807) is 11.3 Å². The molecule has 3 heterocycles. The highest BCUT2D eigenvalue weighted by Crippen LogP contribution is 2.24. The van der Waals surface area contributed by atoms with Crippen molar-refractivity contribution in [2.24, 2.45) is 11.7 Å². The normalized spacial score (nSPS) is 20.5. The van der Waals surface area contributed by atoms with Crippen LogP contribution in [0.1, 0.15) is 30.3 Å². The lowest BCUT2D eigenvalue weighted by Crippen LogP contribution is -2.45. The molecule has 2 atom stereocenters. The molecule has 5 nitrogen and oxygen atoms in total. The molecule has 2 unspecified atom stereocenters. The van der Waals surface area contributed by atoms with Gasteiger partial charge >= 0.3 is 0 Å². The Bertz CT molecular complexity index is 605. The van der Waals surface area contributed by atoms with Gasteiger partial charge in [0.2, 0.25) is 0 Å². The number of thiophene rings is 1. The smallest absolute Gasteiger partial charge is 0.274 e. The fraction of sp³-hybridized carbons (Fsp3) is 0.467. The zero-order chi connectivity index (χ0) is 14.8. The summed E-state index contributed by atoms with van der Waals surface area (Å²) >= 11 is 1.63. The maximum absolute atomic E-state index is 12.6. The number of aromatic nitrogens is 2. The molecule has 0 spiro atoms. The lowest BCUT2D eigenvalue weighted by atomic mass is 9.92. The first-order valence-electron chi connectivity index (χ1n) is 7.29. The minimum absolute atomic E-state index is 0.000550. The van der Waals surface area contributed by atoms with Crippen molar-refractivity contribution in [3.05, 3.63) is 29.3 Å². The summed E-state index contributed by atoms with van der Waals surface area (Å²) in [5.74, 6) is 0.387. The topological polar surface area (TPSA) is 75.0 Å². The van der Waals surface area contributed by atoms with Crippen LogP contribution >= 0.6 is 11.3 Å². The molecule has 3 rings (SSSR count). The molecule has 1 aliphatic heterocycles. The maximum Gasteiger partial charge on any atom is 0.274 e. The quantitative estimate of drug-likeness (QED) is 0.914. The molecule has 2 aromatic heterocycles. The van der Waals surface area contributed by atoms with Gasteiger partial charge in [0.25, 0.3) is 5.91 Å². The lowest BCUT2D eigenvalue weighted by molar-refractivity contribution is 0.0655. The summed E-state index contributed by atoms with van der Waals surface area (Å²) in [6, 6.07) is 5.96. The second-order valence-electron chi connectivity index (χ2n) is 5.66. The summed E-state index contributed by atoms with van der Waals surface area (Å²) in [6.07, 6.45) is 2.11. The average Bonchev–Trinajstić information content (AvgIpc) is 3.17. The third kappa shape index (κ3) is 3.01. The van der Waals surface area contributed by atoms with Crippen molar-refractivity contribution in [3.63, 3.8) is 0 Å². The maximum atomic E-state index is 12.6. The molecule has 21 heavy (non-hydrogen) atoms. The van der Waals surface area contributed by atoms with Crippen LogP contribution in [0.15, 0.2) is 23.6 Å². The highest BCUT2D eigenvalue weighted by molar-refractivity contribution is 7.13. The van der Waals surface area contributed by atoms with E-state index in [1.807, 2.05) is 35.4 Å². The number of nitrogens with zero attached hydrogens (tertiary/aromatic N) is 2. The largest absolute Gasteiger partial charge is 0.337 e. The van der Waals surface area contributed by atoms with Gasteiger partial charge in [-0.05, 0) is 43.2 Å². The van der Waals surface area contributed by atoms with Gasteiger partial charge in [-0.2, -0.15) is 5.10 Å². The van der Waals surface area contributed by atoms with Crippen molar-refractivity contribution in [2.75, 3.05) is 13.1 Å². The molecule has 0 saturated carbocycles. The van der Waals surface area contributed by atoms with Gasteiger partial charge in [0, 0.05) is 19.1 Å². The summed E-state index contributed by atoms with van der Waals surface area (Å²) in [7, 11) is 0. The van der Waals surface area contributed by atoms with Crippen LogP contribution in [0, 0.1) is 5.92 Å². The Kier molecular flexibility index (Phi) is 4.07. The van der Waals surface area contributed by atoms with Crippen molar-refractivity contribution in [1.82, 2.24) is 15.1 Å². The standard InChI is InChI=1S/C15H20N4OS/c1-10(16)11-4-2-6-19(9-11)15(20)13-8-12(17-18-13)14-5-3-7-21-14/h3,5,7-8,10-11H,2,4,6,9,16H2,1H3,(H,17,18). The Labute approximate surface area is 128 Å². The second kappa shape index (κ2) is 5.99. The minimum atomic E-state index is -0.000550. The van der Waals surface area contributed by atoms with Crippen molar-refractivity contribution in [1.29, 1.82) is 0 Å². The first-order valence-corrected chi connectivity index (χ1v) is 8.17. The molecule has 6 heteroatoms. The number of carbonyl (C=O) groups excluding carboxylic acids is 1. The van der Waals surface area contributed by atoms with Crippen LogP contribution in [-0.4, -0.2) is 40.1 Å². The number of hydrogen-bond acceptors (Lipinski definition) is 4. The molecule has 1 saturated heterocycles.